The molecule has 2 aromatic rings. The summed E-state index contributed by atoms with van der Waals surface area (Å²) in [5.41, 5.74) is 7.07. The first-order valence-corrected chi connectivity index (χ1v) is 15.0. The van der Waals surface area contributed by atoms with Crippen molar-refractivity contribution in [3.8, 4) is 5.75 Å². The van der Waals surface area contributed by atoms with Crippen molar-refractivity contribution in [2.75, 3.05) is 30.8 Å². The Hall–Kier alpha value is -3.39. The van der Waals surface area contributed by atoms with E-state index in [-0.39, 0.29) is 17.7 Å². The van der Waals surface area contributed by atoms with E-state index in [4.69, 9.17) is 10.5 Å². The van der Waals surface area contributed by atoms with Gasteiger partial charge in [0.1, 0.15) is 17.1 Å². The van der Waals surface area contributed by atoms with E-state index in [1.807, 2.05) is 19.1 Å². The molecule has 1 aromatic carbocycles. The van der Waals surface area contributed by atoms with E-state index < -0.39 is 37.7 Å². The minimum Gasteiger partial charge on any atom is -0.488 e. The number of aromatic nitrogens is 2. The standard InChI is InChI=1S/C27H36F3N7O3S/c1-15(2)41(38,39)24(31)22(14-32-4)35-25-20(27(28,29)30)13-34-26(37-25)36-21-11-16(3)19(17-7-9-33-10-8-17)12-23(21)40-18-5-6-18/h11-15,17-18,33H,5-10,31H2,1-4H3,(H2,34,35,36,37). The molecule has 0 radical (unpaired) electrons. The van der Waals surface area contributed by atoms with Crippen LogP contribution in [-0.2, 0) is 16.0 Å². The Kier molecular flexibility index (Phi) is 9.12. The Morgan fingerprint density at radius 2 is 1.90 bits per heavy atom. The minimum atomic E-state index is -4.84. The number of hydrogen-bond acceptors (Lipinski definition) is 10. The molecule has 14 heteroatoms. The summed E-state index contributed by atoms with van der Waals surface area (Å²) in [6, 6.07) is 3.90. The molecule has 0 atom stereocenters. The molecule has 10 nitrogen and oxygen atoms in total. The molecule has 5 N–H and O–H groups in total. The normalized spacial score (nSPS) is 17.6. The van der Waals surface area contributed by atoms with Gasteiger partial charge in [0.15, 0.2) is 14.9 Å². The molecule has 1 saturated carbocycles. The summed E-state index contributed by atoms with van der Waals surface area (Å²) in [6.45, 7) is 6.68. The number of halogens is 3. The van der Waals surface area contributed by atoms with Crippen LogP contribution in [0, 0.1) is 6.92 Å². The number of aliphatic imine (C=N–C) groups is 1. The maximum Gasteiger partial charge on any atom is 0.421 e. The van der Waals surface area contributed by atoms with Crippen molar-refractivity contribution in [3.63, 3.8) is 0 Å². The molecule has 0 bridgehead atoms. The number of ether oxygens (including phenoxy) is 1. The molecular weight excluding hydrogens is 559 g/mol. The lowest BCUT2D eigenvalue weighted by Crippen LogP contribution is -2.27. The summed E-state index contributed by atoms with van der Waals surface area (Å²) in [7, 11) is -2.67. The van der Waals surface area contributed by atoms with Crippen LogP contribution in [0.4, 0.5) is 30.6 Å². The Morgan fingerprint density at radius 1 is 1.22 bits per heavy atom. The van der Waals surface area contributed by atoms with Gasteiger partial charge in [-0.2, -0.15) is 18.2 Å². The van der Waals surface area contributed by atoms with Gasteiger partial charge < -0.3 is 26.4 Å². The van der Waals surface area contributed by atoms with Crippen LogP contribution in [0.15, 0.2) is 34.0 Å². The smallest absolute Gasteiger partial charge is 0.421 e. The van der Waals surface area contributed by atoms with Gasteiger partial charge in [-0.15, -0.1) is 0 Å². The monoisotopic (exact) mass is 595 g/mol. The molecule has 41 heavy (non-hydrogen) atoms. The maximum atomic E-state index is 13.9. The number of nitrogens with one attached hydrogen (secondary N) is 3. The van der Waals surface area contributed by atoms with Gasteiger partial charge in [-0.3, -0.25) is 4.99 Å². The third kappa shape index (κ3) is 7.28. The SMILES string of the molecule is CN=CC(Nc1nc(Nc2cc(C)c(C3CCNCC3)cc2OC2CC2)ncc1C(F)(F)F)=C(N)S(=O)(=O)C(C)C. The summed E-state index contributed by atoms with van der Waals surface area (Å²) in [5, 5.41) is 7.26. The average molecular weight is 596 g/mol. The highest BCUT2D eigenvalue weighted by molar-refractivity contribution is 7.95. The first-order valence-electron chi connectivity index (χ1n) is 13.5. The Bertz CT molecular complexity index is 1430. The molecule has 1 saturated heterocycles. The Morgan fingerprint density at radius 3 is 2.49 bits per heavy atom. The molecule has 1 aliphatic heterocycles. The quantitative estimate of drug-likeness (QED) is 0.289. The summed E-state index contributed by atoms with van der Waals surface area (Å²) < 4.78 is 73.3. The number of hydrogen-bond donors (Lipinski definition) is 4. The number of sulfone groups is 1. The van der Waals surface area contributed by atoms with Gasteiger partial charge in [0.05, 0.1) is 22.7 Å². The zero-order valence-corrected chi connectivity index (χ0v) is 24.3. The minimum absolute atomic E-state index is 0.0804. The highest BCUT2D eigenvalue weighted by Gasteiger charge is 2.36. The van der Waals surface area contributed by atoms with Gasteiger partial charge in [-0.1, -0.05) is 0 Å². The van der Waals surface area contributed by atoms with Gasteiger partial charge >= 0.3 is 6.18 Å². The van der Waals surface area contributed by atoms with E-state index in [1.165, 1.54) is 26.5 Å². The predicted molar refractivity (Wildman–Crippen MR) is 153 cm³/mol. The van der Waals surface area contributed by atoms with Gasteiger partial charge in [0.2, 0.25) is 5.95 Å². The predicted octanol–water partition coefficient (Wildman–Crippen LogP) is 4.62. The lowest BCUT2D eigenvalue weighted by molar-refractivity contribution is -0.137. The molecule has 0 spiro atoms. The summed E-state index contributed by atoms with van der Waals surface area (Å²) >= 11 is 0. The lowest BCUT2D eigenvalue weighted by atomic mass is 9.87. The third-order valence-electron chi connectivity index (χ3n) is 7.01. The van der Waals surface area contributed by atoms with E-state index in [9.17, 15) is 21.6 Å². The summed E-state index contributed by atoms with van der Waals surface area (Å²) in [6.07, 6.45) is 0.759. The lowest BCUT2D eigenvalue weighted by Gasteiger charge is -2.26. The van der Waals surface area contributed by atoms with Crippen LogP contribution in [0.25, 0.3) is 0 Å². The first-order chi connectivity index (χ1) is 19.3. The molecule has 0 amide bonds. The molecule has 1 aliphatic carbocycles. The van der Waals surface area contributed by atoms with E-state index in [1.54, 1.807) is 0 Å². The number of rotatable bonds is 10. The van der Waals surface area contributed by atoms with Crippen molar-refractivity contribution < 1.29 is 26.3 Å². The molecule has 2 aliphatic rings. The first kappa shape index (κ1) is 30.6. The molecule has 2 heterocycles. The highest BCUT2D eigenvalue weighted by Crippen LogP contribution is 2.40. The maximum absolute atomic E-state index is 13.9. The fraction of sp³-hybridized carbons (Fsp3) is 0.519. The van der Waals surface area contributed by atoms with Gasteiger partial charge in [-0.05, 0) is 88.7 Å². The van der Waals surface area contributed by atoms with E-state index >= 15 is 0 Å². The second-order valence-corrected chi connectivity index (χ2v) is 13.0. The number of nitrogens with two attached hydrogens (primary N) is 1. The molecule has 2 fully saturated rings. The highest BCUT2D eigenvalue weighted by atomic mass is 32.2. The number of benzene rings is 1. The van der Waals surface area contributed by atoms with Gasteiger partial charge in [-0.25, -0.2) is 13.4 Å². The topological polar surface area (TPSA) is 144 Å². The van der Waals surface area contributed by atoms with E-state index in [0.717, 1.165) is 50.6 Å². The van der Waals surface area contributed by atoms with Crippen LogP contribution in [0.5, 0.6) is 5.75 Å². The number of aryl methyl sites for hydroxylation is 1. The zero-order valence-electron chi connectivity index (χ0n) is 23.5. The van der Waals surface area contributed by atoms with Crippen molar-refractivity contribution in [1.82, 2.24) is 15.3 Å². The molecule has 1 aromatic heterocycles. The largest absolute Gasteiger partial charge is 0.488 e. The van der Waals surface area contributed by atoms with Crippen molar-refractivity contribution >= 4 is 33.5 Å². The number of nitrogens with zero attached hydrogens (tertiary/aromatic N) is 3. The van der Waals surface area contributed by atoms with E-state index in [0.29, 0.717) is 23.6 Å². The number of piperidine rings is 1. The molecule has 224 valence electrons. The summed E-state index contributed by atoms with van der Waals surface area (Å²) in [4.78, 5) is 11.7. The van der Waals surface area contributed by atoms with Crippen molar-refractivity contribution in [2.24, 2.45) is 10.7 Å². The van der Waals surface area contributed by atoms with Crippen LogP contribution in [0.3, 0.4) is 0 Å². The molecule has 0 unspecified atom stereocenters. The third-order valence-corrected chi connectivity index (χ3v) is 9.08. The second-order valence-electron chi connectivity index (χ2n) is 10.5. The fourth-order valence-corrected chi connectivity index (χ4v) is 5.44. The van der Waals surface area contributed by atoms with E-state index in [2.05, 4.69) is 30.9 Å². The van der Waals surface area contributed by atoms with Gasteiger partial charge in [0.25, 0.3) is 0 Å². The molecule has 4 rings (SSSR count). The van der Waals surface area contributed by atoms with Crippen molar-refractivity contribution in [2.45, 2.75) is 69.9 Å². The Balaban J connectivity index is 1.74. The fourth-order valence-electron chi connectivity index (χ4n) is 4.52. The Labute approximate surface area is 238 Å². The number of allylic oxidation sites excluding steroid dienone is 1. The van der Waals surface area contributed by atoms with Crippen LogP contribution in [-0.4, -0.2) is 56.1 Å². The number of alkyl halides is 3. The number of anilines is 3. The van der Waals surface area contributed by atoms with Crippen LogP contribution in [0.2, 0.25) is 0 Å². The van der Waals surface area contributed by atoms with Crippen molar-refractivity contribution in [1.29, 1.82) is 0 Å². The summed E-state index contributed by atoms with van der Waals surface area (Å²) in [5.74, 6) is 0.131. The van der Waals surface area contributed by atoms with Crippen LogP contribution in [0.1, 0.15) is 62.1 Å². The second kappa shape index (κ2) is 12.2. The molecular formula is C27H36F3N7O3S. The van der Waals surface area contributed by atoms with Crippen LogP contribution < -0.4 is 26.4 Å². The van der Waals surface area contributed by atoms with Crippen LogP contribution >= 0.6 is 0 Å². The zero-order chi connectivity index (χ0) is 29.9. The van der Waals surface area contributed by atoms with Gasteiger partial charge in [0, 0.05) is 19.5 Å². The average Bonchev–Trinajstić information content (AvgIpc) is 3.73. The van der Waals surface area contributed by atoms with Crippen molar-refractivity contribution in [3.05, 3.63) is 45.7 Å².